The molecule has 0 bridgehead atoms. The van der Waals surface area contributed by atoms with Crippen molar-refractivity contribution < 1.29 is 0 Å². The molecule has 1 aromatic carbocycles. The number of thioether (sulfide) groups is 1. The van der Waals surface area contributed by atoms with Gasteiger partial charge >= 0.3 is 0 Å². The zero-order valence-corrected chi connectivity index (χ0v) is 13.4. The molecule has 0 aliphatic carbocycles. The second-order valence-corrected chi connectivity index (χ2v) is 6.61. The van der Waals surface area contributed by atoms with Crippen molar-refractivity contribution in [2.24, 2.45) is 0 Å². The van der Waals surface area contributed by atoms with Crippen LogP contribution in [0.5, 0.6) is 0 Å². The average Bonchev–Trinajstić information content (AvgIpc) is 2.45. The van der Waals surface area contributed by atoms with Crippen molar-refractivity contribution in [1.82, 2.24) is 5.32 Å². The fourth-order valence-corrected chi connectivity index (χ4v) is 3.60. The van der Waals surface area contributed by atoms with E-state index in [4.69, 9.17) is 11.6 Å². The van der Waals surface area contributed by atoms with Crippen LogP contribution in [0.2, 0.25) is 5.02 Å². The highest BCUT2D eigenvalue weighted by atomic mass is 35.5. The number of hydrogen-bond donors (Lipinski definition) is 1. The van der Waals surface area contributed by atoms with E-state index in [1.165, 1.54) is 22.8 Å². The van der Waals surface area contributed by atoms with Crippen LogP contribution < -0.4 is 10.2 Å². The molecule has 0 spiro atoms. The van der Waals surface area contributed by atoms with E-state index >= 15 is 0 Å². The van der Waals surface area contributed by atoms with E-state index in [2.05, 4.69) is 42.3 Å². The van der Waals surface area contributed by atoms with Gasteiger partial charge in [-0.05, 0) is 37.6 Å². The summed E-state index contributed by atoms with van der Waals surface area (Å²) < 4.78 is 0. The van der Waals surface area contributed by atoms with Crippen molar-refractivity contribution in [2.45, 2.75) is 26.3 Å². The molecule has 1 saturated heterocycles. The van der Waals surface area contributed by atoms with E-state index in [9.17, 15) is 0 Å². The molecule has 19 heavy (non-hydrogen) atoms. The van der Waals surface area contributed by atoms with Gasteiger partial charge in [0.2, 0.25) is 0 Å². The fraction of sp³-hybridized carbons (Fsp3) is 0.600. The number of nitrogens with zero attached hydrogens (tertiary/aromatic N) is 1. The Labute approximate surface area is 125 Å². The lowest BCUT2D eigenvalue weighted by Crippen LogP contribution is -2.32. The van der Waals surface area contributed by atoms with Gasteiger partial charge < -0.3 is 10.2 Å². The van der Waals surface area contributed by atoms with Crippen molar-refractivity contribution in [3.8, 4) is 0 Å². The Balaban J connectivity index is 2.07. The van der Waals surface area contributed by atoms with Crippen LogP contribution in [0.1, 0.15) is 31.9 Å². The first kappa shape index (κ1) is 15.0. The van der Waals surface area contributed by atoms with Crippen molar-refractivity contribution in [1.29, 1.82) is 0 Å². The Morgan fingerprint density at radius 2 is 2.11 bits per heavy atom. The molecular formula is C15H23ClN2S. The van der Waals surface area contributed by atoms with Crippen LogP contribution in [0, 0.1) is 0 Å². The maximum Gasteiger partial charge on any atom is 0.0474 e. The lowest BCUT2D eigenvalue weighted by Gasteiger charge is -2.29. The van der Waals surface area contributed by atoms with Gasteiger partial charge in [0.25, 0.3) is 0 Å². The van der Waals surface area contributed by atoms with Gasteiger partial charge in [-0.15, -0.1) is 0 Å². The number of benzene rings is 1. The largest absolute Gasteiger partial charge is 0.370 e. The second-order valence-electron chi connectivity index (χ2n) is 4.98. The average molecular weight is 299 g/mol. The Hall–Kier alpha value is -0.380. The first-order chi connectivity index (χ1) is 9.22. The molecule has 1 unspecified atom stereocenters. The third-order valence-electron chi connectivity index (χ3n) is 3.53. The van der Waals surface area contributed by atoms with Gasteiger partial charge in [0.1, 0.15) is 0 Å². The lowest BCUT2D eigenvalue weighted by atomic mass is 10.1. The van der Waals surface area contributed by atoms with Crippen LogP contribution >= 0.6 is 23.4 Å². The predicted octanol–water partition coefficient (Wildman–Crippen LogP) is 3.95. The molecule has 2 nitrogen and oxygen atoms in total. The van der Waals surface area contributed by atoms with E-state index in [1.54, 1.807) is 0 Å². The minimum absolute atomic E-state index is 0.318. The van der Waals surface area contributed by atoms with Gasteiger partial charge in [-0.25, -0.2) is 0 Å². The Morgan fingerprint density at radius 1 is 1.37 bits per heavy atom. The van der Waals surface area contributed by atoms with E-state index in [-0.39, 0.29) is 0 Å². The molecule has 1 aliphatic rings. The minimum Gasteiger partial charge on any atom is -0.370 e. The molecule has 1 fully saturated rings. The summed E-state index contributed by atoms with van der Waals surface area (Å²) in [5.41, 5.74) is 2.46. The van der Waals surface area contributed by atoms with Crippen LogP contribution in [-0.2, 0) is 0 Å². The highest BCUT2D eigenvalue weighted by Gasteiger charge is 2.14. The molecule has 0 amide bonds. The number of rotatable bonds is 5. The van der Waals surface area contributed by atoms with E-state index in [0.717, 1.165) is 31.1 Å². The third kappa shape index (κ3) is 4.04. The quantitative estimate of drug-likeness (QED) is 0.886. The summed E-state index contributed by atoms with van der Waals surface area (Å²) in [4.78, 5) is 2.43. The lowest BCUT2D eigenvalue weighted by molar-refractivity contribution is 0.571. The monoisotopic (exact) mass is 298 g/mol. The minimum atomic E-state index is 0.318. The van der Waals surface area contributed by atoms with E-state index in [0.29, 0.717) is 6.04 Å². The third-order valence-corrected chi connectivity index (χ3v) is 4.80. The first-order valence-corrected chi connectivity index (χ1v) is 8.61. The molecule has 4 heteroatoms. The first-order valence-electron chi connectivity index (χ1n) is 7.08. The number of anilines is 1. The normalized spacial score (nSPS) is 17.5. The summed E-state index contributed by atoms with van der Waals surface area (Å²) in [5, 5.41) is 4.37. The van der Waals surface area contributed by atoms with Crippen LogP contribution in [0.15, 0.2) is 18.2 Å². The van der Waals surface area contributed by atoms with E-state index < -0.39 is 0 Å². The molecule has 0 aromatic heterocycles. The molecule has 1 heterocycles. The molecule has 106 valence electrons. The zero-order valence-electron chi connectivity index (χ0n) is 11.8. The van der Waals surface area contributed by atoms with Gasteiger partial charge in [0.15, 0.2) is 0 Å². The van der Waals surface area contributed by atoms with Gasteiger partial charge in [0, 0.05) is 41.3 Å². The number of hydrogen-bond acceptors (Lipinski definition) is 3. The van der Waals surface area contributed by atoms with Crippen LogP contribution in [0.4, 0.5) is 5.69 Å². The smallest absolute Gasteiger partial charge is 0.0474 e. The summed E-state index contributed by atoms with van der Waals surface area (Å²) in [6, 6.07) is 6.82. The van der Waals surface area contributed by atoms with Gasteiger partial charge in [0.05, 0.1) is 0 Å². The standard InChI is InChI=1S/C15H23ClN2S/c1-3-6-17-12(2)14-5-4-13(11-15(14)16)18-7-9-19-10-8-18/h4-5,11-12,17H,3,6-10H2,1-2H3. The molecule has 1 atom stereocenters. The molecule has 2 rings (SSSR count). The molecule has 1 aliphatic heterocycles. The topological polar surface area (TPSA) is 15.3 Å². The maximum absolute atomic E-state index is 6.45. The summed E-state index contributed by atoms with van der Waals surface area (Å²) in [6.45, 7) is 7.64. The van der Waals surface area contributed by atoms with Gasteiger partial charge in [-0.1, -0.05) is 24.6 Å². The van der Waals surface area contributed by atoms with E-state index in [1.807, 2.05) is 11.8 Å². The van der Waals surface area contributed by atoms with Crippen molar-refractivity contribution in [3.63, 3.8) is 0 Å². The van der Waals surface area contributed by atoms with Crippen LogP contribution in [-0.4, -0.2) is 31.1 Å². The summed E-state index contributed by atoms with van der Waals surface area (Å²) in [6.07, 6.45) is 1.14. The highest BCUT2D eigenvalue weighted by molar-refractivity contribution is 7.99. The van der Waals surface area contributed by atoms with Gasteiger partial charge in [-0.2, -0.15) is 11.8 Å². The Kier molecular flexibility index (Phi) is 5.86. The molecular weight excluding hydrogens is 276 g/mol. The molecule has 0 saturated carbocycles. The second kappa shape index (κ2) is 7.41. The van der Waals surface area contributed by atoms with Gasteiger partial charge in [-0.3, -0.25) is 0 Å². The highest BCUT2D eigenvalue weighted by Crippen LogP contribution is 2.29. The van der Waals surface area contributed by atoms with Crippen molar-refractivity contribution in [2.75, 3.05) is 36.0 Å². The number of halogens is 1. The zero-order chi connectivity index (χ0) is 13.7. The molecule has 0 radical (unpaired) electrons. The fourth-order valence-electron chi connectivity index (χ4n) is 2.36. The number of nitrogens with one attached hydrogen (secondary N) is 1. The SMILES string of the molecule is CCCNC(C)c1ccc(N2CCSCC2)cc1Cl. The van der Waals surface area contributed by atoms with Crippen LogP contribution in [0.3, 0.4) is 0 Å². The molecule has 1 N–H and O–H groups in total. The predicted molar refractivity (Wildman–Crippen MR) is 87.7 cm³/mol. The van der Waals surface area contributed by atoms with Crippen molar-refractivity contribution in [3.05, 3.63) is 28.8 Å². The summed E-state index contributed by atoms with van der Waals surface area (Å²) in [7, 11) is 0. The summed E-state index contributed by atoms with van der Waals surface area (Å²) in [5.74, 6) is 2.43. The van der Waals surface area contributed by atoms with Crippen LogP contribution in [0.25, 0.3) is 0 Å². The maximum atomic E-state index is 6.45. The molecule has 1 aromatic rings. The Morgan fingerprint density at radius 3 is 2.74 bits per heavy atom. The summed E-state index contributed by atoms with van der Waals surface area (Å²) >= 11 is 8.48. The Bertz CT molecular complexity index is 405. The van der Waals surface area contributed by atoms with Crippen molar-refractivity contribution >= 4 is 29.1 Å².